The van der Waals surface area contributed by atoms with Crippen molar-refractivity contribution in [1.29, 1.82) is 0 Å². The Kier molecular flexibility index (Phi) is 2.22. The van der Waals surface area contributed by atoms with Crippen molar-refractivity contribution in [2.45, 2.75) is 11.7 Å². The van der Waals surface area contributed by atoms with Gasteiger partial charge in [-0.25, -0.2) is 8.42 Å². The lowest BCUT2D eigenvalue weighted by atomic mass is 10.1. The van der Waals surface area contributed by atoms with E-state index >= 15 is 0 Å². The highest BCUT2D eigenvalue weighted by Gasteiger charge is 2.40. The summed E-state index contributed by atoms with van der Waals surface area (Å²) in [4.78, 5) is 10.1. The molecule has 1 fully saturated rings. The van der Waals surface area contributed by atoms with E-state index in [4.69, 9.17) is 0 Å². The number of para-hydroxylation sites is 1. The zero-order valence-electron chi connectivity index (χ0n) is 7.79. The summed E-state index contributed by atoms with van der Waals surface area (Å²) in [6, 6.07) is 6.01. The van der Waals surface area contributed by atoms with Crippen molar-refractivity contribution in [3.8, 4) is 0 Å². The summed E-state index contributed by atoms with van der Waals surface area (Å²) < 4.78 is 22.7. The number of nitro groups is 1. The standard InChI is InChI=1S/C9H9NO4S/c11-10(12)8-4-2-1-3-7(8)9-5-6-15(9,13)14/h1-4,9H,5-6H2. The molecule has 0 spiro atoms. The maximum Gasteiger partial charge on any atom is 0.273 e. The predicted molar refractivity (Wildman–Crippen MR) is 54.2 cm³/mol. The van der Waals surface area contributed by atoms with Gasteiger partial charge in [0.05, 0.1) is 15.9 Å². The predicted octanol–water partition coefficient (Wildman–Crippen LogP) is 1.45. The Bertz CT molecular complexity index is 509. The SMILES string of the molecule is O=[N+]([O-])c1ccccc1C1CCS1(=O)=O. The van der Waals surface area contributed by atoms with E-state index in [1.165, 1.54) is 18.2 Å². The Morgan fingerprint density at radius 2 is 2.00 bits per heavy atom. The third-order valence-electron chi connectivity index (χ3n) is 2.58. The number of nitrogens with zero attached hydrogens (tertiary/aromatic N) is 1. The van der Waals surface area contributed by atoms with Crippen molar-refractivity contribution < 1.29 is 13.3 Å². The number of benzene rings is 1. The molecule has 2 rings (SSSR count). The van der Waals surface area contributed by atoms with E-state index in [1.807, 2.05) is 0 Å². The first-order chi connectivity index (χ1) is 7.02. The topological polar surface area (TPSA) is 77.3 Å². The van der Waals surface area contributed by atoms with Gasteiger partial charge in [0.1, 0.15) is 0 Å². The van der Waals surface area contributed by atoms with Gasteiger partial charge in [0, 0.05) is 11.6 Å². The summed E-state index contributed by atoms with van der Waals surface area (Å²) in [5.41, 5.74) is 0.208. The molecule has 0 aliphatic carbocycles. The van der Waals surface area contributed by atoms with Crippen LogP contribution in [0, 0.1) is 10.1 Å². The lowest BCUT2D eigenvalue weighted by Gasteiger charge is -2.25. The van der Waals surface area contributed by atoms with E-state index in [2.05, 4.69) is 0 Å². The van der Waals surface area contributed by atoms with Gasteiger partial charge in [0.2, 0.25) is 0 Å². The first-order valence-electron chi connectivity index (χ1n) is 4.47. The average Bonchev–Trinajstić information content (AvgIpc) is 2.17. The second-order valence-electron chi connectivity index (χ2n) is 3.46. The van der Waals surface area contributed by atoms with Crippen molar-refractivity contribution in [3.63, 3.8) is 0 Å². The fraction of sp³-hybridized carbons (Fsp3) is 0.333. The number of sulfone groups is 1. The van der Waals surface area contributed by atoms with Crippen LogP contribution in [0.5, 0.6) is 0 Å². The van der Waals surface area contributed by atoms with Crippen LogP contribution in [0.15, 0.2) is 24.3 Å². The van der Waals surface area contributed by atoms with E-state index in [-0.39, 0.29) is 11.4 Å². The van der Waals surface area contributed by atoms with Crippen LogP contribution in [0.25, 0.3) is 0 Å². The highest BCUT2D eigenvalue weighted by Crippen LogP contribution is 2.40. The zero-order valence-corrected chi connectivity index (χ0v) is 8.61. The molecule has 0 aromatic heterocycles. The molecule has 0 saturated carbocycles. The average molecular weight is 227 g/mol. The normalized spacial score (nSPS) is 23.1. The second-order valence-corrected chi connectivity index (χ2v) is 5.76. The molecule has 0 radical (unpaired) electrons. The summed E-state index contributed by atoms with van der Waals surface area (Å²) in [5, 5.41) is 10.0. The summed E-state index contributed by atoms with van der Waals surface area (Å²) in [6.07, 6.45) is 0.479. The first kappa shape index (κ1) is 10.1. The van der Waals surface area contributed by atoms with Crippen molar-refractivity contribution in [2.75, 3.05) is 5.75 Å². The largest absolute Gasteiger partial charge is 0.273 e. The molecule has 1 heterocycles. The van der Waals surface area contributed by atoms with Gasteiger partial charge >= 0.3 is 0 Å². The van der Waals surface area contributed by atoms with Gasteiger partial charge in [-0.3, -0.25) is 10.1 Å². The quantitative estimate of drug-likeness (QED) is 0.566. The zero-order chi connectivity index (χ0) is 11.1. The van der Waals surface area contributed by atoms with Crippen LogP contribution in [-0.2, 0) is 9.84 Å². The van der Waals surface area contributed by atoms with Crippen LogP contribution in [0.3, 0.4) is 0 Å². The summed E-state index contributed by atoms with van der Waals surface area (Å²) in [5.74, 6) is 0.129. The van der Waals surface area contributed by atoms with Gasteiger partial charge in [-0.1, -0.05) is 18.2 Å². The molecule has 0 N–H and O–H groups in total. The molecule has 1 aromatic carbocycles. The number of rotatable bonds is 2. The molecule has 1 atom stereocenters. The van der Waals surface area contributed by atoms with Crippen LogP contribution in [-0.4, -0.2) is 19.1 Å². The molecule has 1 unspecified atom stereocenters. The van der Waals surface area contributed by atoms with Crippen LogP contribution < -0.4 is 0 Å². The van der Waals surface area contributed by atoms with Gasteiger partial charge in [-0.05, 0) is 6.42 Å². The minimum atomic E-state index is -3.14. The fourth-order valence-corrected chi connectivity index (χ4v) is 3.15. The molecular formula is C9H9NO4S. The Balaban J connectivity index is 2.49. The van der Waals surface area contributed by atoms with Crippen LogP contribution in [0.4, 0.5) is 5.69 Å². The van der Waals surface area contributed by atoms with Gasteiger partial charge in [0.15, 0.2) is 9.84 Å². The Hall–Kier alpha value is -1.43. The summed E-state index contributed by atoms with van der Waals surface area (Å²) >= 11 is 0. The number of nitro benzene ring substituents is 1. The lowest BCUT2D eigenvalue weighted by molar-refractivity contribution is -0.385. The van der Waals surface area contributed by atoms with Crippen molar-refractivity contribution in [2.24, 2.45) is 0 Å². The first-order valence-corrected chi connectivity index (χ1v) is 6.19. The Labute approximate surface area is 86.8 Å². The minimum absolute atomic E-state index is 0.106. The van der Waals surface area contributed by atoms with Gasteiger partial charge in [-0.2, -0.15) is 0 Å². The van der Waals surface area contributed by atoms with E-state index in [0.717, 1.165) is 0 Å². The smallest absolute Gasteiger partial charge is 0.258 e. The van der Waals surface area contributed by atoms with E-state index in [1.54, 1.807) is 6.07 Å². The third kappa shape index (κ3) is 1.61. The molecule has 0 bridgehead atoms. The molecular weight excluding hydrogens is 218 g/mol. The number of hydrogen-bond acceptors (Lipinski definition) is 4. The minimum Gasteiger partial charge on any atom is -0.258 e. The Morgan fingerprint density at radius 3 is 2.47 bits per heavy atom. The lowest BCUT2D eigenvalue weighted by Crippen LogP contribution is -2.29. The highest BCUT2D eigenvalue weighted by atomic mass is 32.2. The molecule has 1 aliphatic heterocycles. The van der Waals surface area contributed by atoms with Crippen LogP contribution >= 0.6 is 0 Å². The molecule has 6 heteroatoms. The third-order valence-corrected chi connectivity index (χ3v) is 4.74. The summed E-state index contributed by atoms with van der Waals surface area (Å²) in [6.45, 7) is 0. The monoisotopic (exact) mass is 227 g/mol. The highest BCUT2D eigenvalue weighted by molar-refractivity contribution is 7.93. The number of hydrogen-bond donors (Lipinski definition) is 0. The summed E-state index contributed by atoms with van der Waals surface area (Å²) in [7, 11) is -3.14. The van der Waals surface area contributed by atoms with Gasteiger partial charge in [0.25, 0.3) is 5.69 Å². The molecule has 5 nitrogen and oxygen atoms in total. The molecule has 0 amide bonds. The van der Waals surface area contributed by atoms with Crippen LogP contribution in [0.2, 0.25) is 0 Å². The van der Waals surface area contributed by atoms with Gasteiger partial charge < -0.3 is 0 Å². The van der Waals surface area contributed by atoms with E-state index in [9.17, 15) is 18.5 Å². The second kappa shape index (κ2) is 3.30. The fourth-order valence-electron chi connectivity index (χ4n) is 1.70. The maximum absolute atomic E-state index is 11.4. The maximum atomic E-state index is 11.4. The molecule has 1 aromatic rings. The van der Waals surface area contributed by atoms with E-state index < -0.39 is 20.0 Å². The van der Waals surface area contributed by atoms with Gasteiger partial charge in [-0.15, -0.1) is 0 Å². The van der Waals surface area contributed by atoms with Crippen molar-refractivity contribution >= 4 is 15.5 Å². The molecule has 1 saturated heterocycles. The molecule has 1 aliphatic rings. The molecule has 15 heavy (non-hydrogen) atoms. The molecule has 80 valence electrons. The van der Waals surface area contributed by atoms with Crippen LogP contribution in [0.1, 0.15) is 17.2 Å². The van der Waals surface area contributed by atoms with Crippen molar-refractivity contribution in [3.05, 3.63) is 39.9 Å². The van der Waals surface area contributed by atoms with Crippen molar-refractivity contribution in [1.82, 2.24) is 0 Å². The Morgan fingerprint density at radius 1 is 1.33 bits per heavy atom. The van der Waals surface area contributed by atoms with E-state index in [0.29, 0.717) is 12.0 Å².